The SMILES string of the molecule is CSc1ccc(Cl)c(C(=O)OCC(=O)c2cc(C)n(CCc3ccc(F)cc3)c2C)c1. The fourth-order valence-electron chi connectivity index (χ4n) is 3.39. The van der Waals surface area contributed by atoms with Gasteiger partial charge in [0.25, 0.3) is 0 Å². The molecule has 0 aliphatic rings. The zero-order chi connectivity index (χ0) is 22.5. The monoisotopic (exact) mass is 459 g/mol. The highest BCUT2D eigenvalue weighted by atomic mass is 35.5. The molecular formula is C24H23ClFNO3S. The Bertz CT molecular complexity index is 1110. The Morgan fingerprint density at radius 3 is 2.45 bits per heavy atom. The molecule has 0 bridgehead atoms. The Hall–Kier alpha value is -2.57. The molecule has 1 aromatic heterocycles. The van der Waals surface area contributed by atoms with Gasteiger partial charge in [0.1, 0.15) is 5.82 Å². The Labute approximate surface area is 190 Å². The van der Waals surface area contributed by atoms with Crippen molar-refractivity contribution in [3.63, 3.8) is 0 Å². The number of ketones is 1. The maximum atomic E-state index is 13.1. The molecule has 0 atom stereocenters. The summed E-state index contributed by atoms with van der Waals surface area (Å²) in [6, 6.07) is 13.3. The van der Waals surface area contributed by atoms with Gasteiger partial charge in [0, 0.05) is 28.4 Å². The van der Waals surface area contributed by atoms with Gasteiger partial charge in [0.2, 0.25) is 5.78 Å². The van der Waals surface area contributed by atoms with Gasteiger partial charge in [-0.2, -0.15) is 0 Å². The third kappa shape index (κ3) is 5.57. The Morgan fingerprint density at radius 1 is 1.06 bits per heavy atom. The minimum Gasteiger partial charge on any atom is -0.454 e. The molecule has 0 radical (unpaired) electrons. The second kappa shape index (κ2) is 10.2. The maximum absolute atomic E-state index is 13.1. The first-order valence-corrected chi connectivity index (χ1v) is 11.4. The van der Waals surface area contributed by atoms with Crippen LogP contribution in [0.1, 0.15) is 37.7 Å². The Morgan fingerprint density at radius 2 is 1.77 bits per heavy atom. The number of aryl methyl sites for hydroxylation is 2. The van der Waals surface area contributed by atoms with Crippen LogP contribution in [0.2, 0.25) is 5.02 Å². The predicted molar refractivity (Wildman–Crippen MR) is 122 cm³/mol. The average molecular weight is 460 g/mol. The number of benzene rings is 2. The first-order valence-electron chi connectivity index (χ1n) is 9.75. The van der Waals surface area contributed by atoms with Crippen molar-refractivity contribution in [2.24, 2.45) is 0 Å². The lowest BCUT2D eigenvalue weighted by atomic mass is 10.1. The minimum atomic E-state index is -0.626. The quantitative estimate of drug-likeness (QED) is 0.239. The van der Waals surface area contributed by atoms with E-state index in [9.17, 15) is 14.0 Å². The molecule has 7 heteroatoms. The molecular weight excluding hydrogens is 437 g/mol. The van der Waals surface area contributed by atoms with Crippen LogP contribution in [0, 0.1) is 19.7 Å². The number of carbonyl (C=O) groups is 2. The van der Waals surface area contributed by atoms with Crippen molar-refractivity contribution < 1.29 is 18.7 Å². The van der Waals surface area contributed by atoms with Crippen molar-refractivity contribution in [1.82, 2.24) is 4.57 Å². The van der Waals surface area contributed by atoms with E-state index < -0.39 is 5.97 Å². The summed E-state index contributed by atoms with van der Waals surface area (Å²) in [5, 5.41) is 0.286. The normalized spacial score (nSPS) is 10.9. The first-order chi connectivity index (χ1) is 14.8. The zero-order valence-corrected chi connectivity index (χ0v) is 19.1. The molecule has 0 aliphatic carbocycles. The van der Waals surface area contributed by atoms with Crippen molar-refractivity contribution in [2.45, 2.75) is 31.7 Å². The van der Waals surface area contributed by atoms with Crippen LogP contribution in [-0.4, -0.2) is 29.2 Å². The summed E-state index contributed by atoms with van der Waals surface area (Å²) in [6.45, 7) is 4.09. The van der Waals surface area contributed by atoms with Gasteiger partial charge in [-0.05, 0) is 68.5 Å². The predicted octanol–water partition coefficient (Wildman–Crippen LogP) is 5.90. The van der Waals surface area contributed by atoms with E-state index >= 15 is 0 Å². The molecule has 1 heterocycles. The molecule has 0 fully saturated rings. The second-order valence-corrected chi connectivity index (χ2v) is 8.44. The highest BCUT2D eigenvalue weighted by molar-refractivity contribution is 7.98. The summed E-state index contributed by atoms with van der Waals surface area (Å²) in [4.78, 5) is 26.0. The highest BCUT2D eigenvalue weighted by Gasteiger charge is 2.19. The number of ether oxygens (including phenoxy) is 1. The summed E-state index contributed by atoms with van der Waals surface area (Å²) in [7, 11) is 0. The highest BCUT2D eigenvalue weighted by Crippen LogP contribution is 2.24. The lowest BCUT2D eigenvalue weighted by Crippen LogP contribution is -2.15. The molecule has 4 nitrogen and oxygen atoms in total. The van der Waals surface area contributed by atoms with Crippen LogP contribution in [0.4, 0.5) is 4.39 Å². The standard InChI is InChI=1S/C24H23ClFNO3S/c1-15-12-20(16(2)27(15)11-10-17-4-6-18(26)7-5-17)23(28)14-30-24(29)21-13-19(31-3)8-9-22(21)25/h4-9,12-13H,10-11,14H2,1-3H3. The van der Waals surface area contributed by atoms with Crippen LogP contribution in [0.15, 0.2) is 53.4 Å². The smallest absolute Gasteiger partial charge is 0.340 e. The minimum absolute atomic E-state index is 0.242. The van der Waals surface area contributed by atoms with Gasteiger partial charge < -0.3 is 9.30 Å². The van der Waals surface area contributed by atoms with Gasteiger partial charge in [-0.25, -0.2) is 9.18 Å². The van der Waals surface area contributed by atoms with Crippen LogP contribution in [0.5, 0.6) is 0 Å². The fourth-order valence-corrected chi connectivity index (χ4v) is 4.03. The largest absolute Gasteiger partial charge is 0.454 e. The summed E-state index contributed by atoms with van der Waals surface area (Å²) < 4.78 is 20.4. The third-order valence-electron chi connectivity index (χ3n) is 5.14. The van der Waals surface area contributed by atoms with E-state index in [0.29, 0.717) is 18.5 Å². The molecule has 3 rings (SSSR count). The molecule has 0 spiro atoms. The molecule has 162 valence electrons. The molecule has 2 aromatic carbocycles. The summed E-state index contributed by atoms with van der Waals surface area (Å²) in [6.07, 6.45) is 2.61. The van der Waals surface area contributed by atoms with Gasteiger partial charge >= 0.3 is 5.97 Å². The van der Waals surface area contributed by atoms with E-state index in [4.69, 9.17) is 16.3 Å². The molecule has 0 saturated heterocycles. The third-order valence-corrected chi connectivity index (χ3v) is 6.19. The van der Waals surface area contributed by atoms with E-state index in [2.05, 4.69) is 0 Å². The maximum Gasteiger partial charge on any atom is 0.340 e. The number of aromatic nitrogens is 1. The lowest BCUT2D eigenvalue weighted by Gasteiger charge is -2.10. The van der Waals surface area contributed by atoms with Crippen LogP contribution in [0.25, 0.3) is 0 Å². The topological polar surface area (TPSA) is 48.3 Å². The fraction of sp³-hybridized carbons (Fsp3) is 0.250. The summed E-state index contributed by atoms with van der Waals surface area (Å²) in [5.41, 5.74) is 3.52. The number of hydrogen-bond acceptors (Lipinski definition) is 4. The number of esters is 1. The van der Waals surface area contributed by atoms with Crippen molar-refractivity contribution in [3.8, 4) is 0 Å². The molecule has 0 saturated carbocycles. The molecule has 0 unspecified atom stereocenters. The van der Waals surface area contributed by atoms with Gasteiger partial charge in [-0.3, -0.25) is 4.79 Å². The summed E-state index contributed by atoms with van der Waals surface area (Å²) in [5.74, 6) is -1.16. The number of rotatable bonds is 8. The van der Waals surface area contributed by atoms with Crippen molar-refractivity contribution in [2.75, 3.05) is 12.9 Å². The van der Waals surface area contributed by atoms with Crippen molar-refractivity contribution in [1.29, 1.82) is 0 Å². The number of hydrogen-bond donors (Lipinski definition) is 0. The average Bonchev–Trinajstić information content (AvgIpc) is 3.05. The van der Waals surface area contributed by atoms with E-state index in [1.165, 1.54) is 23.9 Å². The molecule has 3 aromatic rings. The van der Waals surface area contributed by atoms with Gasteiger partial charge in [0.15, 0.2) is 6.61 Å². The zero-order valence-electron chi connectivity index (χ0n) is 17.6. The van der Waals surface area contributed by atoms with Crippen molar-refractivity contribution in [3.05, 3.63) is 87.4 Å². The Kier molecular flexibility index (Phi) is 7.57. The van der Waals surface area contributed by atoms with E-state index in [0.717, 1.165) is 21.8 Å². The number of halogens is 2. The van der Waals surface area contributed by atoms with Crippen molar-refractivity contribution >= 4 is 35.1 Å². The molecule has 0 aliphatic heterocycles. The van der Waals surface area contributed by atoms with Crippen LogP contribution >= 0.6 is 23.4 Å². The molecule has 0 N–H and O–H groups in total. The Balaban J connectivity index is 1.66. The van der Waals surface area contributed by atoms with Gasteiger partial charge in [-0.1, -0.05) is 23.7 Å². The van der Waals surface area contributed by atoms with Gasteiger partial charge in [-0.15, -0.1) is 11.8 Å². The van der Waals surface area contributed by atoms with Crippen LogP contribution in [-0.2, 0) is 17.7 Å². The van der Waals surface area contributed by atoms with E-state index in [1.54, 1.807) is 30.3 Å². The van der Waals surface area contributed by atoms with E-state index in [1.807, 2.05) is 30.7 Å². The van der Waals surface area contributed by atoms with E-state index in [-0.39, 0.29) is 28.8 Å². The second-order valence-electron chi connectivity index (χ2n) is 7.16. The van der Waals surface area contributed by atoms with Crippen LogP contribution in [0.3, 0.4) is 0 Å². The number of carbonyl (C=O) groups excluding carboxylic acids is 2. The molecule has 0 amide bonds. The van der Waals surface area contributed by atoms with Gasteiger partial charge in [0.05, 0.1) is 10.6 Å². The first kappa shape index (κ1) is 23.1. The summed E-state index contributed by atoms with van der Waals surface area (Å²) >= 11 is 7.59. The molecule has 31 heavy (non-hydrogen) atoms. The van der Waals surface area contributed by atoms with Crippen LogP contribution < -0.4 is 0 Å². The number of thioether (sulfide) groups is 1. The lowest BCUT2D eigenvalue weighted by molar-refractivity contribution is 0.0474. The number of Topliss-reactive ketones (excluding diaryl/α,β-unsaturated/α-hetero) is 1. The number of nitrogens with zero attached hydrogens (tertiary/aromatic N) is 1.